The molecule has 5 rings (SSSR count). The van der Waals surface area contributed by atoms with Crippen LogP contribution in [0.5, 0.6) is 0 Å². The smallest absolute Gasteiger partial charge is 0.141 e. The minimum Gasteiger partial charge on any atom is -0.352 e. The van der Waals surface area contributed by atoms with E-state index in [0.717, 1.165) is 28.6 Å². The summed E-state index contributed by atoms with van der Waals surface area (Å²) in [5, 5.41) is 5.46. The van der Waals surface area contributed by atoms with Gasteiger partial charge in [0.25, 0.3) is 0 Å². The molecule has 0 spiro atoms. The molecule has 142 valence electrons. The molecule has 0 saturated carbocycles. The molecule has 7 heteroatoms. The minimum atomic E-state index is 0.194. The molecule has 0 bridgehead atoms. The van der Waals surface area contributed by atoms with E-state index in [-0.39, 0.29) is 6.04 Å². The number of nitrogens with zero attached hydrogens (tertiary/aromatic N) is 6. The zero-order valence-corrected chi connectivity index (χ0v) is 17.1. The molecule has 1 aliphatic carbocycles. The maximum atomic E-state index is 4.85. The molecular weight excluding hydrogens is 368 g/mol. The number of benzene rings is 1. The van der Waals surface area contributed by atoms with Crippen LogP contribution in [0.2, 0.25) is 0 Å². The maximum Gasteiger partial charge on any atom is 0.141 e. The second-order valence-electron chi connectivity index (χ2n) is 7.35. The predicted molar refractivity (Wildman–Crippen MR) is 112 cm³/mol. The fraction of sp³-hybridized carbons (Fsp3) is 0.333. The van der Waals surface area contributed by atoms with Crippen LogP contribution >= 0.6 is 11.3 Å². The lowest BCUT2D eigenvalue weighted by atomic mass is 10.1. The van der Waals surface area contributed by atoms with Crippen molar-refractivity contribution < 1.29 is 0 Å². The fourth-order valence-corrected chi connectivity index (χ4v) is 5.29. The van der Waals surface area contributed by atoms with Crippen molar-refractivity contribution in [3.63, 3.8) is 0 Å². The number of hydrogen-bond donors (Lipinski definition) is 0. The Morgan fingerprint density at radius 2 is 1.96 bits per heavy atom. The molecule has 4 aromatic rings. The summed E-state index contributed by atoms with van der Waals surface area (Å²) in [5.41, 5.74) is 3.71. The Kier molecular flexibility index (Phi) is 4.12. The number of hydrogen-bond acceptors (Lipinski definition) is 6. The first-order valence-electron chi connectivity index (χ1n) is 9.58. The summed E-state index contributed by atoms with van der Waals surface area (Å²) < 4.78 is 1.77. The highest BCUT2D eigenvalue weighted by Crippen LogP contribution is 2.41. The number of aryl methyl sites for hydroxylation is 3. The molecule has 1 aromatic carbocycles. The number of aromatic nitrogens is 5. The van der Waals surface area contributed by atoms with Gasteiger partial charge >= 0.3 is 0 Å². The standard InChI is InChI=1S/C21H22N6S/c1-13(15-7-9-16(10-8-15)27-12-22-11-23-27)26(3)20-19-17-5-4-6-18(17)28-21(19)25-14(2)24-20/h7-13H,4-6H2,1-3H3/t13-/m0/s1. The van der Waals surface area contributed by atoms with Gasteiger partial charge in [0, 0.05) is 11.9 Å². The predicted octanol–water partition coefficient (Wildman–Crippen LogP) is 4.27. The Hall–Kier alpha value is -2.80. The molecule has 6 nitrogen and oxygen atoms in total. The van der Waals surface area contributed by atoms with Crippen molar-refractivity contribution in [3.05, 3.63) is 58.7 Å². The van der Waals surface area contributed by atoms with Crippen molar-refractivity contribution in [2.75, 3.05) is 11.9 Å². The van der Waals surface area contributed by atoms with Crippen LogP contribution in [0.4, 0.5) is 5.82 Å². The molecule has 1 aliphatic rings. The molecule has 3 heterocycles. The summed E-state index contributed by atoms with van der Waals surface area (Å²) in [6.07, 6.45) is 6.82. The zero-order chi connectivity index (χ0) is 19.3. The van der Waals surface area contributed by atoms with E-state index in [4.69, 9.17) is 9.97 Å². The average Bonchev–Trinajstić information content (AvgIpc) is 3.43. The normalized spacial score (nSPS) is 14.4. The molecule has 0 aliphatic heterocycles. The van der Waals surface area contributed by atoms with Crippen molar-refractivity contribution in [1.82, 2.24) is 24.7 Å². The highest BCUT2D eigenvalue weighted by Gasteiger charge is 2.25. The summed E-state index contributed by atoms with van der Waals surface area (Å²) in [6.45, 7) is 4.21. The van der Waals surface area contributed by atoms with Crippen LogP contribution in [0, 0.1) is 6.92 Å². The van der Waals surface area contributed by atoms with E-state index in [9.17, 15) is 0 Å². The lowest BCUT2D eigenvalue weighted by Crippen LogP contribution is -2.23. The van der Waals surface area contributed by atoms with Crippen molar-refractivity contribution in [1.29, 1.82) is 0 Å². The number of anilines is 1. The average molecular weight is 391 g/mol. The van der Waals surface area contributed by atoms with Gasteiger partial charge in [-0.05, 0) is 56.4 Å². The topological polar surface area (TPSA) is 59.7 Å². The van der Waals surface area contributed by atoms with Crippen molar-refractivity contribution in [3.8, 4) is 5.69 Å². The Labute approximate surface area is 167 Å². The van der Waals surface area contributed by atoms with Crippen molar-refractivity contribution in [2.45, 2.75) is 39.2 Å². The van der Waals surface area contributed by atoms with E-state index in [1.165, 1.54) is 34.2 Å². The number of rotatable bonds is 4. The van der Waals surface area contributed by atoms with Gasteiger partial charge in [-0.2, -0.15) is 5.10 Å². The summed E-state index contributed by atoms with van der Waals surface area (Å²) in [4.78, 5) is 18.5. The van der Waals surface area contributed by atoms with Crippen LogP contribution in [0.25, 0.3) is 15.9 Å². The highest BCUT2D eigenvalue weighted by atomic mass is 32.1. The van der Waals surface area contributed by atoms with Crippen LogP contribution in [0.15, 0.2) is 36.9 Å². The lowest BCUT2D eigenvalue weighted by molar-refractivity contribution is 0.728. The quantitative estimate of drug-likeness (QED) is 0.521. The number of fused-ring (bicyclic) bond motifs is 3. The van der Waals surface area contributed by atoms with E-state index in [0.29, 0.717) is 0 Å². The summed E-state index contributed by atoms with van der Waals surface area (Å²) in [5.74, 6) is 1.89. The van der Waals surface area contributed by atoms with Gasteiger partial charge in [-0.15, -0.1) is 11.3 Å². The first kappa shape index (κ1) is 17.3. The van der Waals surface area contributed by atoms with Crippen LogP contribution in [-0.4, -0.2) is 31.8 Å². The SMILES string of the molecule is Cc1nc(N(C)[C@@H](C)c2ccc(-n3cncn3)cc2)c2c3c(sc2n1)CCC3. The Morgan fingerprint density at radius 3 is 2.71 bits per heavy atom. The maximum absolute atomic E-state index is 4.85. The van der Waals surface area contributed by atoms with Gasteiger partial charge in [0.15, 0.2) is 0 Å². The highest BCUT2D eigenvalue weighted by molar-refractivity contribution is 7.19. The van der Waals surface area contributed by atoms with Gasteiger partial charge in [-0.1, -0.05) is 12.1 Å². The third-order valence-corrected chi connectivity index (χ3v) is 6.82. The van der Waals surface area contributed by atoms with Crippen molar-refractivity contribution in [2.24, 2.45) is 0 Å². The van der Waals surface area contributed by atoms with E-state index >= 15 is 0 Å². The first-order valence-corrected chi connectivity index (χ1v) is 10.4. The van der Waals surface area contributed by atoms with E-state index in [1.807, 2.05) is 18.3 Å². The van der Waals surface area contributed by atoms with E-state index in [1.54, 1.807) is 17.3 Å². The van der Waals surface area contributed by atoms with Gasteiger partial charge in [0.05, 0.1) is 17.1 Å². The second kappa shape index (κ2) is 6.67. The Balaban J connectivity index is 1.51. The third kappa shape index (κ3) is 2.77. The largest absolute Gasteiger partial charge is 0.352 e. The molecule has 3 aromatic heterocycles. The van der Waals surface area contributed by atoms with Crippen LogP contribution < -0.4 is 4.90 Å². The third-order valence-electron chi connectivity index (χ3n) is 5.63. The molecule has 0 saturated heterocycles. The first-order chi connectivity index (χ1) is 13.6. The molecule has 0 radical (unpaired) electrons. The van der Waals surface area contributed by atoms with Crippen LogP contribution in [0.3, 0.4) is 0 Å². The molecule has 0 N–H and O–H groups in total. The summed E-state index contributed by atoms with van der Waals surface area (Å²) in [6, 6.07) is 8.66. The van der Waals surface area contributed by atoms with Gasteiger partial charge in [-0.3, -0.25) is 0 Å². The van der Waals surface area contributed by atoms with E-state index < -0.39 is 0 Å². The Bertz CT molecular complexity index is 1130. The van der Waals surface area contributed by atoms with Gasteiger partial charge in [-0.25, -0.2) is 19.6 Å². The molecule has 0 unspecified atom stereocenters. The molecule has 0 fully saturated rings. The summed E-state index contributed by atoms with van der Waals surface area (Å²) >= 11 is 1.85. The second-order valence-corrected chi connectivity index (χ2v) is 8.43. The van der Waals surface area contributed by atoms with Gasteiger partial charge in [0.2, 0.25) is 0 Å². The number of thiophene rings is 1. The molecular formula is C21H22N6S. The van der Waals surface area contributed by atoms with Crippen LogP contribution in [-0.2, 0) is 12.8 Å². The molecule has 28 heavy (non-hydrogen) atoms. The zero-order valence-electron chi connectivity index (χ0n) is 16.3. The van der Waals surface area contributed by atoms with Crippen molar-refractivity contribution >= 4 is 27.4 Å². The van der Waals surface area contributed by atoms with Gasteiger partial charge < -0.3 is 4.90 Å². The fourth-order valence-electron chi connectivity index (χ4n) is 3.99. The van der Waals surface area contributed by atoms with E-state index in [2.05, 4.69) is 53.2 Å². The minimum absolute atomic E-state index is 0.194. The van der Waals surface area contributed by atoms with Crippen LogP contribution in [0.1, 0.15) is 41.2 Å². The Morgan fingerprint density at radius 1 is 1.14 bits per heavy atom. The molecule has 1 atom stereocenters. The summed E-state index contributed by atoms with van der Waals surface area (Å²) in [7, 11) is 2.14. The van der Waals surface area contributed by atoms with Gasteiger partial charge in [0.1, 0.15) is 29.1 Å². The lowest BCUT2D eigenvalue weighted by Gasteiger charge is -2.27. The molecule has 0 amide bonds. The monoisotopic (exact) mass is 390 g/mol.